The van der Waals surface area contributed by atoms with Crippen LogP contribution in [-0.2, 0) is 11.3 Å². The highest BCUT2D eigenvalue weighted by Crippen LogP contribution is 2.10. The highest BCUT2D eigenvalue weighted by atomic mass is 32.1. The van der Waals surface area contributed by atoms with Crippen LogP contribution in [0, 0.1) is 6.92 Å². The van der Waals surface area contributed by atoms with E-state index in [4.69, 9.17) is 4.74 Å². The quantitative estimate of drug-likeness (QED) is 0.798. The van der Waals surface area contributed by atoms with Gasteiger partial charge in [0.05, 0.1) is 23.4 Å². The molecule has 1 amide bonds. The molecule has 0 saturated heterocycles. The molecule has 1 aromatic rings. The minimum Gasteiger partial charge on any atom is -0.447 e. The Labute approximate surface area is 93.9 Å². The van der Waals surface area contributed by atoms with E-state index < -0.39 is 0 Å². The third-order valence-corrected chi connectivity index (χ3v) is 2.54. The molecule has 0 radical (unpaired) electrons. The maximum Gasteiger partial charge on any atom is 0.410 e. The summed E-state index contributed by atoms with van der Waals surface area (Å²) in [7, 11) is 1.71. The SMILES string of the molecule is Cc1nc(CN(C)C(=O)OC(C)C)cs1. The van der Waals surface area contributed by atoms with Gasteiger partial charge in [0.2, 0.25) is 0 Å². The third-order valence-electron chi connectivity index (χ3n) is 1.71. The molecule has 1 aromatic heterocycles. The Hall–Kier alpha value is -1.10. The first kappa shape index (κ1) is 12.0. The molecule has 0 atom stereocenters. The normalized spacial score (nSPS) is 10.5. The summed E-state index contributed by atoms with van der Waals surface area (Å²) in [5, 5.41) is 2.96. The van der Waals surface area contributed by atoms with Crippen molar-refractivity contribution in [2.75, 3.05) is 7.05 Å². The Morgan fingerprint density at radius 3 is 2.80 bits per heavy atom. The fourth-order valence-electron chi connectivity index (χ4n) is 1.08. The van der Waals surface area contributed by atoms with Crippen molar-refractivity contribution in [2.45, 2.75) is 33.4 Å². The number of hydrogen-bond donors (Lipinski definition) is 0. The fourth-order valence-corrected chi connectivity index (χ4v) is 1.68. The van der Waals surface area contributed by atoms with Gasteiger partial charge in [0.1, 0.15) is 0 Å². The van der Waals surface area contributed by atoms with Crippen LogP contribution in [0.15, 0.2) is 5.38 Å². The molecule has 1 heterocycles. The molecule has 4 nitrogen and oxygen atoms in total. The summed E-state index contributed by atoms with van der Waals surface area (Å²) in [4.78, 5) is 17.2. The molecule has 1 rings (SSSR count). The maximum absolute atomic E-state index is 11.4. The second-order valence-corrected chi connectivity index (χ2v) is 4.71. The lowest BCUT2D eigenvalue weighted by atomic mass is 10.4. The van der Waals surface area contributed by atoms with Gasteiger partial charge in [-0.15, -0.1) is 11.3 Å². The van der Waals surface area contributed by atoms with Crippen LogP contribution >= 0.6 is 11.3 Å². The van der Waals surface area contributed by atoms with Gasteiger partial charge < -0.3 is 9.64 Å². The van der Waals surface area contributed by atoms with E-state index in [-0.39, 0.29) is 12.2 Å². The lowest BCUT2D eigenvalue weighted by molar-refractivity contribution is 0.0819. The molecule has 0 aliphatic heterocycles. The van der Waals surface area contributed by atoms with Gasteiger partial charge in [-0.1, -0.05) is 0 Å². The fraction of sp³-hybridized carbons (Fsp3) is 0.600. The van der Waals surface area contributed by atoms with Crippen LogP contribution in [0.25, 0.3) is 0 Å². The van der Waals surface area contributed by atoms with Crippen LogP contribution in [-0.4, -0.2) is 29.1 Å². The van der Waals surface area contributed by atoms with E-state index in [2.05, 4.69) is 4.98 Å². The van der Waals surface area contributed by atoms with Crippen LogP contribution in [0.1, 0.15) is 24.5 Å². The first-order valence-corrected chi connectivity index (χ1v) is 5.69. The lowest BCUT2D eigenvalue weighted by Gasteiger charge is -2.17. The largest absolute Gasteiger partial charge is 0.447 e. The number of hydrogen-bond acceptors (Lipinski definition) is 4. The van der Waals surface area contributed by atoms with Crippen molar-refractivity contribution in [3.05, 3.63) is 16.1 Å². The topological polar surface area (TPSA) is 42.4 Å². The van der Waals surface area contributed by atoms with Crippen LogP contribution in [0.3, 0.4) is 0 Å². The Bertz CT molecular complexity index is 336. The maximum atomic E-state index is 11.4. The molecule has 5 heteroatoms. The standard InChI is InChI=1S/C10H16N2O2S/c1-7(2)14-10(13)12(4)5-9-6-15-8(3)11-9/h6-7H,5H2,1-4H3. The van der Waals surface area contributed by atoms with E-state index in [9.17, 15) is 4.79 Å². The molecular formula is C10H16N2O2S. The Morgan fingerprint density at radius 2 is 2.33 bits per heavy atom. The van der Waals surface area contributed by atoms with Crippen molar-refractivity contribution in [2.24, 2.45) is 0 Å². The van der Waals surface area contributed by atoms with Crippen LogP contribution in [0.2, 0.25) is 0 Å². The monoisotopic (exact) mass is 228 g/mol. The van der Waals surface area contributed by atoms with Crippen molar-refractivity contribution in [1.29, 1.82) is 0 Å². The summed E-state index contributed by atoms with van der Waals surface area (Å²) in [5.74, 6) is 0. The van der Waals surface area contributed by atoms with Gasteiger partial charge in [0.25, 0.3) is 0 Å². The summed E-state index contributed by atoms with van der Waals surface area (Å²) in [5.41, 5.74) is 0.903. The van der Waals surface area contributed by atoms with Gasteiger partial charge >= 0.3 is 6.09 Å². The lowest BCUT2D eigenvalue weighted by Crippen LogP contribution is -2.29. The summed E-state index contributed by atoms with van der Waals surface area (Å²) in [6.07, 6.45) is -0.396. The minimum atomic E-state index is -0.310. The second-order valence-electron chi connectivity index (χ2n) is 3.65. The highest BCUT2D eigenvalue weighted by molar-refractivity contribution is 7.09. The van der Waals surface area contributed by atoms with E-state index in [0.29, 0.717) is 6.54 Å². The number of thiazole rings is 1. The molecule has 15 heavy (non-hydrogen) atoms. The smallest absolute Gasteiger partial charge is 0.410 e. The summed E-state index contributed by atoms with van der Waals surface area (Å²) in [6.45, 7) is 6.11. The highest BCUT2D eigenvalue weighted by Gasteiger charge is 2.13. The molecule has 0 aliphatic rings. The number of carbonyl (C=O) groups is 1. The molecule has 0 saturated carbocycles. The average Bonchev–Trinajstić information content (AvgIpc) is 2.50. The molecule has 0 N–H and O–H groups in total. The van der Waals surface area contributed by atoms with Crippen LogP contribution in [0.5, 0.6) is 0 Å². The zero-order valence-corrected chi connectivity index (χ0v) is 10.3. The van der Waals surface area contributed by atoms with E-state index >= 15 is 0 Å². The molecular weight excluding hydrogens is 212 g/mol. The zero-order chi connectivity index (χ0) is 11.4. The van der Waals surface area contributed by atoms with Gasteiger partial charge in [-0.3, -0.25) is 0 Å². The van der Waals surface area contributed by atoms with E-state index in [1.54, 1.807) is 18.4 Å². The molecule has 0 aliphatic carbocycles. The van der Waals surface area contributed by atoms with Gasteiger partial charge in [0, 0.05) is 12.4 Å². The van der Waals surface area contributed by atoms with E-state index in [1.807, 2.05) is 26.2 Å². The second kappa shape index (κ2) is 5.11. The number of nitrogens with zero attached hydrogens (tertiary/aromatic N) is 2. The molecule has 84 valence electrons. The van der Waals surface area contributed by atoms with Gasteiger partial charge in [-0.05, 0) is 20.8 Å². The van der Waals surface area contributed by atoms with Crippen molar-refractivity contribution < 1.29 is 9.53 Å². The first-order valence-electron chi connectivity index (χ1n) is 4.81. The van der Waals surface area contributed by atoms with Crippen molar-refractivity contribution in [1.82, 2.24) is 9.88 Å². The molecule has 0 aromatic carbocycles. The summed E-state index contributed by atoms with van der Waals surface area (Å²) in [6, 6.07) is 0. The van der Waals surface area contributed by atoms with Crippen LogP contribution < -0.4 is 0 Å². The third kappa shape index (κ3) is 3.87. The number of carbonyl (C=O) groups excluding carboxylic acids is 1. The predicted octanol–water partition coefficient (Wildman–Crippen LogP) is 2.43. The summed E-state index contributed by atoms with van der Waals surface area (Å²) < 4.78 is 5.05. The first-order chi connectivity index (χ1) is 6.99. The Kier molecular flexibility index (Phi) is 4.08. The average molecular weight is 228 g/mol. The molecule has 0 spiro atoms. The molecule has 0 unspecified atom stereocenters. The zero-order valence-electron chi connectivity index (χ0n) is 9.48. The Balaban J connectivity index is 2.48. The number of amides is 1. The number of rotatable bonds is 3. The van der Waals surface area contributed by atoms with Gasteiger partial charge in [-0.25, -0.2) is 9.78 Å². The van der Waals surface area contributed by atoms with Crippen molar-refractivity contribution in [3.63, 3.8) is 0 Å². The number of aromatic nitrogens is 1. The predicted molar refractivity (Wildman–Crippen MR) is 59.9 cm³/mol. The van der Waals surface area contributed by atoms with Gasteiger partial charge in [0.15, 0.2) is 0 Å². The molecule has 0 bridgehead atoms. The van der Waals surface area contributed by atoms with Crippen molar-refractivity contribution in [3.8, 4) is 0 Å². The number of aryl methyl sites for hydroxylation is 1. The van der Waals surface area contributed by atoms with E-state index in [0.717, 1.165) is 10.7 Å². The molecule has 0 fully saturated rings. The van der Waals surface area contributed by atoms with Gasteiger partial charge in [-0.2, -0.15) is 0 Å². The van der Waals surface area contributed by atoms with E-state index in [1.165, 1.54) is 4.90 Å². The number of ether oxygens (including phenoxy) is 1. The minimum absolute atomic E-state index is 0.0860. The summed E-state index contributed by atoms with van der Waals surface area (Å²) >= 11 is 1.58. The Morgan fingerprint density at radius 1 is 1.67 bits per heavy atom. The van der Waals surface area contributed by atoms with Crippen LogP contribution in [0.4, 0.5) is 4.79 Å². The van der Waals surface area contributed by atoms with Crippen molar-refractivity contribution >= 4 is 17.4 Å².